The van der Waals surface area contributed by atoms with E-state index < -0.39 is 5.82 Å². The zero-order valence-corrected chi connectivity index (χ0v) is 21.0. The van der Waals surface area contributed by atoms with Gasteiger partial charge in [0.2, 0.25) is 0 Å². The van der Waals surface area contributed by atoms with Gasteiger partial charge in [0.15, 0.2) is 16.9 Å². The van der Waals surface area contributed by atoms with E-state index in [1.807, 2.05) is 38.1 Å². The van der Waals surface area contributed by atoms with Crippen LogP contribution in [-0.2, 0) is 5.41 Å². The number of fused-ring (bicyclic) bond motifs is 1. The first kappa shape index (κ1) is 24.3. The quantitative estimate of drug-likeness (QED) is 0.323. The number of hydrogen-bond donors (Lipinski definition) is 1. The number of nitrogens with one attached hydrogen (secondary N) is 1. The molecule has 5 heteroatoms. The van der Waals surface area contributed by atoms with Crippen molar-refractivity contribution >= 4 is 16.5 Å². The van der Waals surface area contributed by atoms with Gasteiger partial charge in [-0.1, -0.05) is 45.5 Å². The van der Waals surface area contributed by atoms with Gasteiger partial charge in [-0.05, 0) is 66.3 Å². The molecule has 4 nitrogen and oxygen atoms in total. The lowest BCUT2D eigenvalue weighted by Crippen LogP contribution is -2.14. The summed E-state index contributed by atoms with van der Waals surface area (Å²) in [5.74, 6) is 0.772. The van der Waals surface area contributed by atoms with E-state index >= 15 is 0 Å². The third-order valence-corrected chi connectivity index (χ3v) is 6.10. The zero-order valence-electron chi connectivity index (χ0n) is 21.0. The van der Waals surface area contributed by atoms with Gasteiger partial charge in [-0.15, -0.1) is 0 Å². The molecular formula is C30H30FNO3. The van der Waals surface area contributed by atoms with Gasteiger partial charge in [0.1, 0.15) is 11.6 Å². The Morgan fingerprint density at radius 3 is 2.37 bits per heavy atom. The largest absolute Gasteiger partial charge is 0.493 e. The molecule has 0 radical (unpaired) electrons. The summed E-state index contributed by atoms with van der Waals surface area (Å²) in [7, 11) is 1.47. The second-order valence-electron chi connectivity index (χ2n) is 9.84. The maximum absolute atomic E-state index is 13.9. The van der Waals surface area contributed by atoms with Crippen LogP contribution in [0.3, 0.4) is 0 Å². The highest BCUT2D eigenvalue weighted by Crippen LogP contribution is 2.43. The van der Waals surface area contributed by atoms with Crippen LogP contribution in [0.25, 0.3) is 27.7 Å². The summed E-state index contributed by atoms with van der Waals surface area (Å²) in [4.78, 5) is 17.0. The summed E-state index contributed by atoms with van der Waals surface area (Å²) < 4.78 is 25.6. The van der Waals surface area contributed by atoms with Crippen LogP contribution < -0.4 is 14.9 Å². The van der Waals surface area contributed by atoms with E-state index in [2.05, 4.69) is 38.4 Å². The van der Waals surface area contributed by atoms with Crippen LogP contribution in [0.2, 0.25) is 0 Å². The molecule has 3 aromatic carbocycles. The van der Waals surface area contributed by atoms with Crippen molar-refractivity contribution in [1.29, 1.82) is 0 Å². The molecule has 0 spiro atoms. The molecular weight excluding hydrogens is 441 g/mol. The standard InChI is InChI=1S/C30H30FNO3/c1-17(2)26-28(32-22-11-9-8-10-21(22)29(26)33)27-18(3)14-19(30(4,5)6)15-25(27)35-23-13-12-20(31)16-24(23)34-7/h8-16H,1H2,2-7H3,(H,32,33). The summed E-state index contributed by atoms with van der Waals surface area (Å²) >= 11 is 0. The fraction of sp³-hybridized carbons (Fsp3) is 0.233. The molecule has 35 heavy (non-hydrogen) atoms. The summed E-state index contributed by atoms with van der Waals surface area (Å²) in [5, 5.41) is 0.598. The molecule has 1 aromatic heterocycles. The molecule has 0 unspecified atom stereocenters. The van der Waals surface area contributed by atoms with Crippen molar-refractivity contribution in [2.24, 2.45) is 0 Å². The molecule has 4 aromatic rings. The monoisotopic (exact) mass is 471 g/mol. The number of aryl methyl sites for hydroxylation is 1. The van der Waals surface area contributed by atoms with Gasteiger partial charge in [0.05, 0.1) is 12.8 Å². The number of H-pyrrole nitrogens is 1. The fourth-order valence-electron chi connectivity index (χ4n) is 4.26. The Balaban J connectivity index is 2.07. The average Bonchev–Trinajstić information content (AvgIpc) is 2.79. The van der Waals surface area contributed by atoms with Gasteiger partial charge in [0.25, 0.3) is 0 Å². The normalized spacial score (nSPS) is 11.5. The molecule has 1 N–H and O–H groups in total. The van der Waals surface area contributed by atoms with Gasteiger partial charge >= 0.3 is 0 Å². The van der Waals surface area contributed by atoms with Crippen molar-refractivity contribution in [2.45, 2.75) is 40.0 Å². The minimum absolute atomic E-state index is 0.0912. The summed E-state index contributed by atoms with van der Waals surface area (Å²) in [6.45, 7) is 14.3. The van der Waals surface area contributed by atoms with Crippen molar-refractivity contribution in [1.82, 2.24) is 4.98 Å². The van der Waals surface area contributed by atoms with Crippen LogP contribution in [0.4, 0.5) is 4.39 Å². The number of benzene rings is 3. The number of hydrogen-bond acceptors (Lipinski definition) is 3. The van der Waals surface area contributed by atoms with Crippen LogP contribution in [0.15, 0.2) is 66.0 Å². The van der Waals surface area contributed by atoms with E-state index in [1.54, 1.807) is 12.1 Å². The second-order valence-corrected chi connectivity index (χ2v) is 9.84. The molecule has 4 rings (SSSR count). The Morgan fingerprint density at radius 1 is 1.00 bits per heavy atom. The summed E-state index contributed by atoms with van der Waals surface area (Å²) in [6.07, 6.45) is 0. The number of methoxy groups -OCH3 is 1. The van der Waals surface area contributed by atoms with Gasteiger partial charge in [-0.3, -0.25) is 4.79 Å². The van der Waals surface area contributed by atoms with E-state index in [0.29, 0.717) is 33.7 Å². The first-order chi connectivity index (χ1) is 16.5. The molecule has 1 heterocycles. The van der Waals surface area contributed by atoms with Crippen molar-refractivity contribution in [2.75, 3.05) is 7.11 Å². The first-order valence-electron chi connectivity index (χ1n) is 11.5. The third-order valence-electron chi connectivity index (χ3n) is 6.10. The average molecular weight is 472 g/mol. The van der Waals surface area contributed by atoms with Gasteiger partial charge in [-0.25, -0.2) is 4.39 Å². The van der Waals surface area contributed by atoms with Gasteiger partial charge in [0, 0.05) is 28.1 Å². The first-order valence-corrected chi connectivity index (χ1v) is 11.5. The number of rotatable bonds is 5. The van der Waals surface area contributed by atoms with Crippen molar-refractivity contribution in [3.05, 3.63) is 93.9 Å². The summed E-state index contributed by atoms with van der Waals surface area (Å²) in [5.41, 5.74) is 5.01. The number of para-hydroxylation sites is 1. The molecule has 0 aliphatic heterocycles. The smallest absolute Gasteiger partial charge is 0.197 e. The van der Waals surface area contributed by atoms with Crippen molar-refractivity contribution in [3.8, 4) is 28.5 Å². The Kier molecular flexibility index (Phi) is 6.28. The molecule has 0 aliphatic carbocycles. The molecule has 180 valence electrons. The van der Waals surface area contributed by atoms with Crippen LogP contribution in [-0.4, -0.2) is 12.1 Å². The maximum Gasteiger partial charge on any atom is 0.197 e. The summed E-state index contributed by atoms with van der Waals surface area (Å²) in [6, 6.07) is 15.7. The van der Waals surface area contributed by atoms with Crippen LogP contribution in [0, 0.1) is 12.7 Å². The number of allylic oxidation sites excluding steroid dienone is 1. The SMILES string of the molecule is C=C(C)c1c(-c2c(C)cc(C(C)(C)C)cc2Oc2ccc(F)cc2OC)[nH]c2ccccc2c1=O. The Hall–Kier alpha value is -3.86. The predicted octanol–water partition coefficient (Wildman–Crippen LogP) is 7.77. The molecule has 0 saturated heterocycles. The van der Waals surface area contributed by atoms with Gasteiger partial charge < -0.3 is 14.5 Å². The van der Waals surface area contributed by atoms with Crippen molar-refractivity contribution < 1.29 is 13.9 Å². The Bertz CT molecular complexity index is 1510. The molecule has 0 saturated carbocycles. The molecule has 0 bridgehead atoms. The maximum atomic E-state index is 13.9. The lowest BCUT2D eigenvalue weighted by Gasteiger charge is -2.24. The number of pyridine rings is 1. The lowest BCUT2D eigenvalue weighted by molar-refractivity contribution is 0.375. The highest BCUT2D eigenvalue weighted by atomic mass is 19.1. The zero-order chi connectivity index (χ0) is 25.5. The van der Waals surface area contributed by atoms with Gasteiger partial charge in [-0.2, -0.15) is 0 Å². The second kappa shape index (κ2) is 9.06. The Morgan fingerprint density at radius 2 is 1.71 bits per heavy atom. The van der Waals surface area contributed by atoms with Crippen LogP contribution in [0.1, 0.15) is 44.4 Å². The number of aromatic nitrogens is 1. The number of ether oxygens (including phenoxy) is 2. The third kappa shape index (κ3) is 4.59. The van der Waals surface area contributed by atoms with Crippen LogP contribution >= 0.6 is 0 Å². The number of halogens is 1. The predicted molar refractivity (Wildman–Crippen MR) is 141 cm³/mol. The molecule has 0 amide bonds. The molecule has 0 aliphatic rings. The van der Waals surface area contributed by atoms with E-state index in [4.69, 9.17) is 9.47 Å². The topological polar surface area (TPSA) is 51.3 Å². The highest BCUT2D eigenvalue weighted by Gasteiger charge is 2.24. The Labute approximate surface area is 205 Å². The minimum atomic E-state index is -0.419. The minimum Gasteiger partial charge on any atom is -0.493 e. The lowest BCUT2D eigenvalue weighted by atomic mass is 9.84. The van der Waals surface area contributed by atoms with E-state index in [1.165, 1.54) is 19.2 Å². The highest BCUT2D eigenvalue weighted by molar-refractivity contribution is 5.91. The number of aromatic amines is 1. The fourth-order valence-corrected chi connectivity index (χ4v) is 4.26. The van der Waals surface area contributed by atoms with E-state index in [-0.39, 0.29) is 16.6 Å². The van der Waals surface area contributed by atoms with Crippen LogP contribution in [0.5, 0.6) is 17.2 Å². The van der Waals surface area contributed by atoms with Crippen molar-refractivity contribution in [3.63, 3.8) is 0 Å². The van der Waals surface area contributed by atoms with E-state index in [0.717, 1.165) is 22.2 Å². The molecule has 0 fully saturated rings. The molecule has 0 atom stereocenters. The van der Waals surface area contributed by atoms with E-state index in [9.17, 15) is 9.18 Å².